The van der Waals surface area contributed by atoms with E-state index in [0.29, 0.717) is 6.54 Å². The van der Waals surface area contributed by atoms with Gasteiger partial charge in [0.25, 0.3) is 5.56 Å². The van der Waals surface area contributed by atoms with Crippen LogP contribution in [0.25, 0.3) is 0 Å². The quantitative estimate of drug-likeness (QED) is 0.658. The van der Waals surface area contributed by atoms with E-state index < -0.39 is 0 Å². The molecule has 3 rings (SSSR count). The predicted molar refractivity (Wildman–Crippen MR) is 105 cm³/mol. The molecular formula is C19H27N5O3. The molecule has 0 saturated carbocycles. The first kappa shape index (κ1) is 17.8. The van der Waals surface area contributed by atoms with E-state index in [4.69, 9.17) is 6.11 Å². The highest BCUT2D eigenvalue weighted by molar-refractivity contribution is 5.58. The van der Waals surface area contributed by atoms with Gasteiger partial charge in [0, 0.05) is 39.8 Å². The minimum absolute atomic E-state index is 0.0789. The summed E-state index contributed by atoms with van der Waals surface area (Å²) in [6.07, 6.45) is 2.99. The Bertz CT molecular complexity index is 890. The molecular weight excluding hydrogens is 346 g/mol. The number of hydrogen-bond donors (Lipinski definition) is 0. The topological polar surface area (TPSA) is 72.6 Å². The van der Waals surface area contributed by atoms with Crippen LogP contribution in [0.15, 0.2) is 40.1 Å². The molecule has 1 aliphatic heterocycles. The van der Waals surface area contributed by atoms with Gasteiger partial charge in [0.1, 0.15) is 11.9 Å². The van der Waals surface area contributed by atoms with Crippen molar-refractivity contribution in [3.63, 3.8) is 0 Å². The van der Waals surface area contributed by atoms with Gasteiger partial charge in [-0.15, -0.1) is 0 Å². The standard InChI is InChI=1S/C19H27N5O3/c1-21-18(25)15-20-24(19(21)26)10-6-5-9-22-11-13-23(14-12-22)16-7-3-4-8-17(16)27-2/h3-4,7-8,15H,5-6,9-14H2,1-2H3/i2T. The van der Waals surface area contributed by atoms with E-state index in [1.807, 2.05) is 24.3 Å². The molecule has 0 spiro atoms. The van der Waals surface area contributed by atoms with Crippen LogP contribution >= 0.6 is 0 Å². The third-order valence-corrected chi connectivity index (χ3v) is 4.97. The van der Waals surface area contributed by atoms with E-state index in [1.165, 1.54) is 17.9 Å². The number of ether oxygens (including phenoxy) is 1. The van der Waals surface area contributed by atoms with Gasteiger partial charge in [0.15, 0.2) is 0 Å². The second-order valence-corrected chi connectivity index (χ2v) is 6.70. The van der Waals surface area contributed by atoms with Gasteiger partial charge in [-0.3, -0.25) is 14.3 Å². The molecule has 146 valence electrons. The average molecular weight is 375 g/mol. The van der Waals surface area contributed by atoms with Gasteiger partial charge in [-0.05, 0) is 31.5 Å². The van der Waals surface area contributed by atoms with Crippen molar-refractivity contribution >= 4 is 5.69 Å². The lowest BCUT2D eigenvalue weighted by Crippen LogP contribution is -2.46. The van der Waals surface area contributed by atoms with Crippen LogP contribution in [0.1, 0.15) is 14.2 Å². The maximum absolute atomic E-state index is 12.0. The molecule has 1 fully saturated rings. The molecule has 0 radical (unpaired) electrons. The molecule has 0 N–H and O–H groups in total. The van der Waals surface area contributed by atoms with E-state index in [9.17, 15) is 9.59 Å². The Labute approximate surface area is 160 Å². The fourth-order valence-corrected chi connectivity index (χ4v) is 3.33. The molecule has 1 saturated heterocycles. The fraction of sp³-hybridized carbons (Fsp3) is 0.526. The second kappa shape index (κ2) is 8.85. The number of rotatable bonds is 7. The first-order valence-electron chi connectivity index (χ1n) is 9.92. The minimum Gasteiger partial charge on any atom is -0.495 e. The number of piperazine rings is 1. The molecule has 2 heterocycles. The van der Waals surface area contributed by atoms with E-state index in [2.05, 4.69) is 14.9 Å². The number of aryl methyl sites for hydroxylation is 1. The van der Waals surface area contributed by atoms with Gasteiger partial charge in [0.2, 0.25) is 0 Å². The van der Waals surface area contributed by atoms with Crippen molar-refractivity contribution in [2.24, 2.45) is 7.05 Å². The SMILES string of the molecule is [3H]COc1ccccc1N1CCN(CCCCn2ncc(=O)n(C)c2=O)CC1. The summed E-state index contributed by atoms with van der Waals surface area (Å²) in [5.74, 6) is 0.765. The molecule has 0 amide bonds. The lowest BCUT2D eigenvalue weighted by atomic mass is 10.2. The first-order valence-corrected chi connectivity index (χ1v) is 9.21. The number of nitrogens with zero attached hydrogens (tertiary/aromatic N) is 5. The highest BCUT2D eigenvalue weighted by atomic mass is 16.5. The van der Waals surface area contributed by atoms with Crippen molar-refractivity contribution < 1.29 is 6.11 Å². The smallest absolute Gasteiger partial charge is 0.347 e. The van der Waals surface area contributed by atoms with E-state index in [1.54, 1.807) is 0 Å². The van der Waals surface area contributed by atoms with Crippen LogP contribution in [0.4, 0.5) is 5.69 Å². The summed E-state index contributed by atoms with van der Waals surface area (Å²) >= 11 is 0. The second-order valence-electron chi connectivity index (χ2n) is 6.70. The Morgan fingerprint density at radius 1 is 1.11 bits per heavy atom. The number of anilines is 1. The van der Waals surface area contributed by atoms with Crippen molar-refractivity contribution in [2.75, 3.05) is 44.7 Å². The highest BCUT2D eigenvalue weighted by Gasteiger charge is 2.19. The Hall–Kier alpha value is -2.61. The molecule has 1 aromatic heterocycles. The van der Waals surface area contributed by atoms with Crippen LogP contribution in [0.2, 0.25) is 0 Å². The van der Waals surface area contributed by atoms with Crippen molar-refractivity contribution in [3.8, 4) is 5.75 Å². The molecule has 8 heteroatoms. The summed E-state index contributed by atoms with van der Waals surface area (Å²) < 4.78 is 15.1. The number of methoxy groups -OCH3 is 1. The van der Waals surface area contributed by atoms with Crippen molar-refractivity contribution in [1.82, 2.24) is 19.2 Å². The fourth-order valence-electron chi connectivity index (χ4n) is 3.33. The molecule has 0 unspecified atom stereocenters. The Balaban J connectivity index is 1.44. The number of para-hydroxylation sites is 2. The molecule has 1 aliphatic rings. The van der Waals surface area contributed by atoms with Crippen LogP contribution in [-0.2, 0) is 13.6 Å². The summed E-state index contributed by atoms with van der Waals surface area (Å²) in [6.45, 7) is 5.25. The van der Waals surface area contributed by atoms with Crippen LogP contribution in [0.3, 0.4) is 0 Å². The largest absolute Gasteiger partial charge is 0.495 e. The lowest BCUT2D eigenvalue weighted by Gasteiger charge is -2.36. The van der Waals surface area contributed by atoms with Crippen LogP contribution in [-0.4, -0.2) is 59.1 Å². The zero-order valence-corrected chi connectivity index (χ0v) is 15.7. The summed E-state index contributed by atoms with van der Waals surface area (Å²) in [4.78, 5) is 28.0. The third-order valence-electron chi connectivity index (χ3n) is 4.97. The van der Waals surface area contributed by atoms with Crippen molar-refractivity contribution in [3.05, 3.63) is 51.3 Å². The average Bonchev–Trinajstić information content (AvgIpc) is 2.72. The maximum Gasteiger partial charge on any atom is 0.347 e. The van der Waals surface area contributed by atoms with Gasteiger partial charge in [-0.2, -0.15) is 5.10 Å². The zero-order valence-electron chi connectivity index (χ0n) is 16.7. The van der Waals surface area contributed by atoms with Crippen LogP contribution in [0.5, 0.6) is 5.75 Å². The highest BCUT2D eigenvalue weighted by Crippen LogP contribution is 2.28. The van der Waals surface area contributed by atoms with E-state index in [0.717, 1.165) is 61.6 Å². The van der Waals surface area contributed by atoms with E-state index >= 15 is 0 Å². The van der Waals surface area contributed by atoms with Crippen molar-refractivity contribution in [2.45, 2.75) is 19.4 Å². The maximum atomic E-state index is 12.0. The predicted octanol–water partition coefficient (Wildman–Crippen LogP) is 0.553. The van der Waals surface area contributed by atoms with Gasteiger partial charge < -0.3 is 9.64 Å². The van der Waals surface area contributed by atoms with Gasteiger partial charge in [-0.1, -0.05) is 12.1 Å². The summed E-state index contributed by atoms with van der Waals surface area (Å²) in [5.41, 5.74) is 0.304. The molecule has 0 bridgehead atoms. The minimum atomic E-state index is -0.381. The number of hydrogen-bond acceptors (Lipinski definition) is 6. The molecule has 0 aliphatic carbocycles. The Morgan fingerprint density at radius 2 is 1.85 bits per heavy atom. The summed E-state index contributed by atoms with van der Waals surface area (Å²) in [5, 5.41) is 3.92. The number of aromatic nitrogens is 3. The monoisotopic (exact) mass is 375 g/mol. The van der Waals surface area contributed by atoms with Gasteiger partial charge >= 0.3 is 5.69 Å². The molecule has 1 aromatic carbocycles. The van der Waals surface area contributed by atoms with Crippen LogP contribution < -0.4 is 20.9 Å². The normalized spacial score (nSPS) is 15.6. The summed E-state index contributed by atoms with van der Waals surface area (Å²) in [6, 6.07) is 7.87. The molecule has 0 atom stereocenters. The first-order chi connectivity index (χ1) is 13.6. The Morgan fingerprint density at radius 3 is 2.63 bits per heavy atom. The molecule has 27 heavy (non-hydrogen) atoms. The van der Waals surface area contributed by atoms with Gasteiger partial charge in [0.05, 0.1) is 14.1 Å². The summed E-state index contributed by atoms with van der Waals surface area (Å²) in [7, 11) is 1.39. The Kier molecular flexibility index (Phi) is 5.83. The van der Waals surface area contributed by atoms with E-state index in [-0.39, 0.29) is 18.3 Å². The molecule has 2 aromatic rings. The third kappa shape index (κ3) is 4.57. The van der Waals surface area contributed by atoms with Gasteiger partial charge in [-0.25, -0.2) is 9.48 Å². The number of benzene rings is 1. The van der Waals surface area contributed by atoms with Crippen LogP contribution in [0, 0.1) is 0 Å². The lowest BCUT2D eigenvalue weighted by molar-refractivity contribution is 0.249. The number of unbranched alkanes of at least 4 members (excludes halogenated alkanes) is 1. The zero-order chi connectivity index (χ0) is 19.9. The molecule has 8 nitrogen and oxygen atoms in total. The van der Waals surface area contributed by atoms with Crippen molar-refractivity contribution in [1.29, 1.82) is 0 Å².